The first-order valence-electron chi connectivity index (χ1n) is 3.56. The predicted molar refractivity (Wildman–Crippen MR) is 46.9 cm³/mol. The molecule has 0 aliphatic rings. The summed E-state index contributed by atoms with van der Waals surface area (Å²) in [6, 6.07) is 5.26. The molecule has 0 saturated carbocycles. The largest absolute Gasteiger partial charge is 0.496 e. The first-order valence-corrected chi connectivity index (χ1v) is 3.56. The summed E-state index contributed by atoms with van der Waals surface area (Å²) >= 11 is 0. The van der Waals surface area contributed by atoms with Crippen LogP contribution in [0.4, 0.5) is 0 Å². The lowest BCUT2D eigenvalue weighted by Gasteiger charge is -2.05. The molecule has 0 radical (unpaired) electrons. The van der Waals surface area contributed by atoms with E-state index in [2.05, 4.69) is 5.92 Å². The summed E-state index contributed by atoms with van der Waals surface area (Å²) in [7, 11) is 1.55. The van der Waals surface area contributed by atoms with Crippen LogP contribution in [-0.2, 0) is 6.61 Å². The Bertz CT molecular complexity index is 310. The first kappa shape index (κ1) is 8.63. The van der Waals surface area contributed by atoms with Crippen LogP contribution in [0, 0.1) is 12.3 Å². The molecule has 1 N–H and O–H groups in total. The lowest BCUT2D eigenvalue weighted by Crippen LogP contribution is -1.92. The van der Waals surface area contributed by atoms with Crippen molar-refractivity contribution in [3.63, 3.8) is 0 Å². The summed E-state index contributed by atoms with van der Waals surface area (Å²) in [6.07, 6.45) is 5.20. The van der Waals surface area contributed by atoms with E-state index in [-0.39, 0.29) is 6.61 Å². The van der Waals surface area contributed by atoms with E-state index in [1.165, 1.54) is 0 Å². The second kappa shape index (κ2) is 3.80. The van der Waals surface area contributed by atoms with Crippen LogP contribution in [0.3, 0.4) is 0 Å². The average molecular weight is 162 g/mol. The Labute approximate surface area is 71.8 Å². The number of aliphatic hydroxyl groups is 1. The number of rotatable bonds is 2. The molecule has 0 atom stereocenters. The van der Waals surface area contributed by atoms with Crippen LogP contribution in [0.2, 0.25) is 0 Å². The minimum Gasteiger partial charge on any atom is -0.496 e. The number of benzene rings is 1. The second-order valence-electron chi connectivity index (χ2n) is 2.33. The minimum atomic E-state index is -0.0337. The van der Waals surface area contributed by atoms with Gasteiger partial charge in [-0.2, -0.15) is 0 Å². The van der Waals surface area contributed by atoms with Gasteiger partial charge >= 0.3 is 0 Å². The van der Waals surface area contributed by atoms with Crippen molar-refractivity contribution in [2.75, 3.05) is 7.11 Å². The van der Waals surface area contributed by atoms with Gasteiger partial charge in [0.1, 0.15) is 5.75 Å². The SMILES string of the molecule is C#Cc1ccc(CO)c(OC)c1. The molecule has 1 aromatic rings. The first-order chi connectivity index (χ1) is 5.81. The number of hydrogen-bond acceptors (Lipinski definition) is 2. The zero-order valence-corrected chi connectivity index (χ0v) is 6.87. The van der Waals surface area contributed by atoms with E-state index in [0.717, 1.165) is 11.1 Å². The fraction of sp³-hybridized carbons (Fsp3) is 0.200. The summed E-state index contributed by atoms with van der Waals surface area (Å²) in [6.45, 7) is -0.0337. The van der Waals surface area contributed by atoms with E-state index in [0.29, 0.717) is 5.75 Å². The summed E-state index contributed by atoms with van der Waals surface area (Å²) in [5, 5.41) is 8.88. The molecule has 0 aromatic heterocycles. The molecule has 1 aromatic carbocycles. The minimum absolute atomic E-state index is 0.0337. The number of terminal acetylenes is 1. The van der Waals surface area contributed by atoms with Crippen LogP contribution in [0.25, 0.3) is 0 Å². The molecular weight excluding hydrogens is 152 g/mol. The molecule has 62 valence electrons. The highest BCUT2D eigenvalue weighted by Gasteiger charge is 2.00. The van der Waals surface area contributed by atoms with Crippen LogP contribution in [0.1, 0.15) is 11.1 Å². The van der Waals surface area contributed by atoms with Gasteiger partial charge < -0.3 is 9.84 Å². The van der Waals surface area contributed by atoms with Gasteiger partial charge in [0.25, 0.3) is 0 Å². The van der Waals surface area contributed by atoms with E-state index in [9.17, 15) is 0 Å². The van der Waals surface area contributed by atoms with Crippen molar-refractivity contribution in [1.29, 1.82) is 0 Å². The highest BCUT2D eigenvalue weighted by molar-refractivity contribution is 5.43. The summed E-state index contributed by atoms with van der Waals surface area (Å²) < 4.78 is 5.02. The molecule has 1 rings (SSSR count). The fourth-order valence-electron chi connectivity index (χ4n) is 0.965. The standard InChI is InChI=1S/C10H10O2/c1-3-8-4-5-9(7-11)10(6-8)12-2/h1,4-6,11H,7H2,2H3. The van der Waals surface area contributed by atoms with Gasteiger partial charge in [0.15, 0.2) is 0 Å². The average Bonchev–Trinajstić information content (AvgIpc) is 2.16. The molecule has 0 spiro atoms. The lowest BCUT2D eigenvalue weighted by molar-refractivity contribution is 0.274. The van der Waals surface area contributed by atoms with Gasteiger partial charge in [0.05, 0.1) is 13.7 Å². The van der Waals surface area contributed by atoms with E-state index in [1.54, 1.807) is 25.3 Å². The van der Waals surface area contributed by atoms with Crippen LogP contribution in [0.5, 0.6) is 5.75 Å². The number of ether oxygens (including phenoxy) is 1. The van der Waals surface area contributed by atoms with E-state index in [1.807, 2.05) is 0 Å². The normalized spacial score (nSPS) is 9.08. The molecule has 2 heteroatoms. The van der Waals surface area contributed by atoms with Gasteiger partial charge in [-0.15, -0.1) is 6.42 Å². The van der Waals surface area contributed by atoms with Crippen molar-refractivity contribution in [3.05, 3.63) is 29.3 Å². The molecule has 0 fully saturated rings. The third-order valence-electron chi connectivity index (χ3n) is 1.62. The molecule has 0 heterocycles. The van der Waals surface area contributed by atoms with E-state index >= 15 is 0 Å². The molecule has 0 bridgehead atoms. The lowest BCUT2D eigenvalue weighted by atomic mass is 10.1. The maximum Gasteiger partial charge on any atom is 0.125 e. The number of aliphatic hydroxyl groups excluding tert-OH is 1. The van der Waals surface area contributed by atoms with Crippen LogP contribution < -0.4 is 4.74 Å². The summed E-state index contributed by atoms with van der Waals surface area (Å²) in [5.74, 6) is 3.12. The quantitative estimate of drug-likeness (QED) is 0.661. The highest BCUT2D eigenvalue weighted by atomic mass is 16.5. The maximum absolute atomic E-state index is 8.88. The topological polar surface area (TPSA) is 29.5 Å². The maximum atomic E-state index is 8.88. The highest BCUT2D eigenvalue weighted by Crippen LogP contribution is 2.19. The smallest absolute Gasteiger partial charge is 0.125 e. The molecule has 2 nitrogen and oxygen atoms in total. The summed E-state index contributed by atoms with van der Waals surface area (Å²) in [4.78, 5) is 0. The van der Waals surface area contributed by atoms with Gasteiger partial charge in [-0.25, -0.2) is 0 Å². The Morgan fingerprint density at radius 2 is 2.33 bits per heavy atom. The molecule has 0 aliphatic heterocycles. The van der Waals surface area contributed by atoms with Crippen molar-refractivity contribution in [3.8, 4) is 18.1 Å². The van der Waals surface area contributed by atoms with Crippen molar-refractivity contribution in [1.82, 2.24) is 0 Å². The van der Waals surface area contributed by atoms with Crippen molar-refractivity contribution < 1.29 is 9.84 Å². The van der Waals surface area contributed by atoms with Crippen molar-refractivity contribution in [2.45, 2.75) is 6.61 Å². The van der Waals surface area contributed by atoms with Gasteiger partial charge in [-0.1, -0.05) is 12.0 Å². The van der Waals surface area contributed by atoms with E-state index < -0.39 is 0 Å². The van der Waals surface area contributed by atoms with E-state index in [4.69, 9.17) is 16.3 Å². The van der Waals surface area contributed by atoms with Crippen molar-refractivity contribution in [2.24, 2.45) is 0 Å². The third kappa shape index (κ3) is 1.58. The molecule has 0 unspecified atom stereocenters. The van der Waals surface area contributed by atoms with Gasteiger partial charge in [-0.3, -0.25) is 0 Å². The second-order valence-corrected chi connectivity index (χ2v) is 2.33. The predicted octanol–water partition coefficient (Wildman–Crippen LogP) is 1.17. The monoisotopic (exact) mass is 162 g/mol. The Morgan fingerprint density at radius 3 is 2.83 bits per heavy atom. The third-order valence-corrected chi connectivity index (χ3v) is 1.62. The zero-order chi connectivity index (χ0) is 8.97. The van der Waals surface area contributed by atoms with Crippen LogP contribution >= 0.6 is 0 Å². The van der Waals surface area contributed by atoms with Gasteiger partial charge in [0, 0.05) is 11.1 Å². The van der Waals surface area contributed by atoms with Crippen LogP contribution in [0.15, 0.2) is 18.2 Å². The molecule has 0 aliphatic carbocycles. The molecular formula is C10H10O2. The molecule has 0 saturated heterocycles. The Hall–Kier alpha value is -1.46. The van der Waals surface area contributed by atoms with Gasteiger partial charge in [-0.05, 0) is 12.1 Å². The number of methoxy groups -OCH3 is 1. The number of hydrogen-bond donors (Lipinski definition) is 1. The van der Waals surface area contributed by atoms with Crippen LogP contribution in [-0.4, -0.2) is 12.2 Å². The van der Waals surface area contributed by atoms with Gasteiger partial charge in [0.2, 0.25) is 0 Å². The molecule has 12 heavy (non-hydrogen) atoms. The Kier molecular flexibility index (Phi) is 2.73. The Balaban J connectivity index is 3.13. The molecule has 0 amide bonds. The summed E-state index contributed by atoms with van der Waals surface area (Å²) in [5.41, 5.74) is 1.50. The zero-order valence-electron chi connectivity index (χ0n) is 6.87. The fourth-order valence-corrected chi connectivity index (χ4v) is 0.965. The Morgan fingerprint density at radius 1 is 1.58 bits per heavy atom. The van der Waals surface area contributed by atoms with Crippen molar-refractivity contribution >= 4 is 0 Å².